The van der Waals surface area contributed by atoms with Crippen molar-refractivity contribution in [2.75, 3.05) is 52.7 Å². The summed E-state index contributed by atoms with van der Waals surface area (Å²) < 4.78 is 21.7. The number of fused-ring (bicyclic) bond motifs is 2. The van der Waals surface area contributed by atoms with Crippen molar-refractivity contribution in [1.29, 1.82) is 0 Å². The van der Waals surface area contributed by atoms with E-state index in [-0.39, 0.29) is 24.2 Å². The van der Waals surface area contributed by atoms with Crippen LogP contribution in [-0.2, 0) is 26.2 Å². The second-order valence-corrected chi connectivity index (χ2v) is 10.2. The maximum atomic E-state index is 14.4. The standard InChI is InChI=1S/C29H34N2O5/c1-33-18-36-13-10-19-16-30-12-11-29-23-6-4-5-7-24(23)31(28(29)27(32)22(19)15-26(29)30)17-20-8-9-21(34-2)14-25(20)35-3/h4-10,14,22,26,28H,11-13,15-18H2,1-3H3/b19-10-/t22-,26-,28-,29+/m0/s1. The van der Waals surface area contributed by atoms with E-state index in [0.29, 0.717) is 25.0 Å². The molecular weight excluding hydrogens is 456 g/mol. The fraction of sp³-hybridized carbons (Fsp3) is 0.483. The van der Waals surface area contributed by atoms with E-state index >= 15 is 0 Å². The van der Waals surface area contributed by atoms with Gasteiger partial charge >= 0.3 is 0 Å². The zero-order valence-electron chi connectivity index (χ0n) is 21.2. The Bertz CT molecular complexity index is 1200. The summed E-state index contributed by atoms with van der Waals surface area (Å²) in [6, 6.07) is 14.8. The van der Waals surface area contributed by atoms with E-state index in [1.165, 1.54) is 16.8 Å². The summed E-state index contributed by atoms with van der Waals surface area (Å²) in [7, 11) is 4.97. The number of Topliss-reactive ketones (excluding diaryl/α,β-unsaturated/α-hetero) is 1. The Labute approximate surface area is 212 Å². The molecule has 2 bridgehead atoms. The molecule has 0 unspecified atom stereocenters. The van der Waals surface area contributed by atoms with E-state index in [4.69, 9.17) is 18.9 Å². The van der Waals surface area contributed by atoms with Crippen molar-refractivity contribution in [2.24, 2.45) is 5.92 Å². The van der Waals surface area contributed by atoms with Crippen molar-refractivity contribution >= 4 is 11.5 Å². The highest BCUT2D eigenvalue weighted by molar-refractivity contribution is 5.98. The maximum absolute atomic E-state index is 14.4. The number of hydrogen-bond donors (Lipinski definition) is 0. The summed E-state index contributed by atoms with van der Waals surface area (Å²) in [6.07, 6.45) is 4.00. The van der Waals surface area contributed by atoms with Gasteiger partial charge in [0.15, 0.2) is 5.78 Å². The number of ether oxygens (including phenoxy) is 4. The van der Waals surface area contributed by atoms with Crippen LogP contribution in [0.15, 0.2) is 54.1 Å². The Hall–Kier alpha value is -2.87. The van der Waals surface area contributed by atoms with Gasteiger partial charge in [-0.1, -0.05) is 24.3 Å². The lowest BCUT2D eigenvalue weighted by Crippen LogP contribution is -2.64. The van der Waals surface area contributed by atoms with Crippen LogP contribution in [0, 0.1) is 5.92 Å². The van der Waals surface area contributed by atoms with Gasteiger partial charge in [0.2, 0.25) is 0 Å². The minimum absolute atomic E-state index is 0.0665. The van der Waals surface area contributed by atoms with Gasteiger partial charge in [-0.3, -0.25) is 9.69 Å². The van der Waals surface area contributed by atoms with Crippen molar-refractivity contribution in [3.63, 3.8) is 0 Å². The van der Waals surface area contributed by atoms with Gasteiger partial charge in [-0.05, 0) is 48.7 Å². The minimum Gasteiger partial charge on any atom is -0.497 e. The molecule has 2 aromatic carbocycles. The van der Waals surface area contributed by atoms with Gasteiger partial charge in [-0.2, -0.15) is 0 Å². The number of hydrogen-bond acceptors (Lipinski definition) is 7. The molecule has 1 saturated carbocycles. The highest BCUT2D eigenvalue weighted by Gasteiger charge is 2.67. The molecule has 7 heteroatoms. The summed E-state index contributed by atoms with van der Waals surface area (Å²) in [5.41, 5.74) is 4.59. The van der Waals surface area contributed by atoms with Gasteiger partial charge in [0.1, 0.15) is 18.3 Å². The molecule has 3 fully saturated rings. The molecule has 4 atom stereocenters. The van der Waals surface area contributed by atoms with Crippen LogP contribution in [0.2, 0.25) is 0 Å². The van der Waals surface area contributed by atoms with Gasteiger partial charge in [0, 0.05) is 54.9 Å². The summed E-state index contributed by atoms with van der Waals surface area (Å²) in [6.45, 7) is 3.19. The average molecular weight is 491 g/mol. The first kappa shape index (κ1) is 23.5. The van der Waals surface area contributed by atoms with Crippen molar-refractivity contribution < 1.29 is 23.7 Å². The third-order valence-corrected chi connectivity index (χ3v) is 8.77. The normalized spacial score (nSPS) is 29.4. The van der Waals surface area contributed by atoms with Gasteiger partial charge in [-0.25, -0.2) is 0 Å². The minimum atomic E-state index is -0.195. The van der Waals surface area contributed by atoms with E-state index in [0.717, 1.165) is 43.0 Å². The molecule has 1 spiro atoms. The lowest BCUT2D eigenvalue weighted by molar-refractivity contribution is -0.129. The van der Waals surface area contributed by atoms with Crippen LogP contribution in [0.3, 0.4) is 0 Å². The summed E-state index contributed by atoms with van der Waals surface area (Å²) in [4.78, 5) is 19.4. The number of nitrogens with zero attached hydrogens (tertiary/aromatic N) is 2. The molecule has 0 radical (unpaired) electrons. The molecule has 2 saturated heterocycles. The van der Waals surface area contributed by atoms with E-state index in [9.17, 15) is 4.79 Å². The molecular formula is C29H34N2O5. The number of ketones is 1. The number of carbonyl (C=O) groups is 1. The topological polar surface area (TPSA) is 60.5 Å². The van der Waals surface area contributed by atoms with Gasteiger partial charge < -0.3 is 23.8 Å². The first-order valence-electron chi connectivity index (χ1n) is 12.7. The predicted molar refractivity (Wildman–Crippen MR) is 137 cm³/mol. The first-order chi connectivity index (χ1) is 17.6. The fourth-order valence-electron chi connectivity index (χ4n) is 7.30. The molecule has 0 amide bonds. The van der Waals surface area contributed by atoms with Crippen molar-refractivity contribution in [3.8, 4) is 11.5 Å². The van der Waals surface area contributed by atoms with Crippen LogP contribution in [0.25, 0.3) is 0 Å². The lowest BCUT2D eigenvalue weighted by atomic mass is 9.59. The number of rotatable bonds is 8. The Kier molecular flexibility index (Phi) is 6.02. The number of benzene rings is 2. The number of piperidine rings is 1. The molecule has 3 aliphatic heterocycles. The Morgan fingerprint density at radius 1 is 1.11 bits per heavy atom. The molecule has 2 aromatic rings. The third kappa shape index (κ3) is 3.40. The molecule has 7 nitrogen and oxygen atoms in total. The van der Waals surface area contributed by atoms with Crippen molar-refractivity contribution in [3.05, 3.63) is 65.2 Å². The molecule has 190 valence electrons. The average Bonchev–Trinajstić information content (AvgIpc) is 3.44. The summed E-state index contributed by atoms with van der Waals surface area (Å²) in [5, 5.41) is 0. The van der Waals surface area contributed by atoms with Crippen molar-refractivity contribution in [1.82, 2.24) is 4.90 Å². The van der Waals surface area contributed by atoms with Crippen LogP contribution in [-0.4, -0.2) is 70.6 Å². The molecule has 36 heavy (non-hydrogen) atoms. The van der Waals surface area contributed by atoms with Gasteiger partial charge in [-0.15, -0.1) is 0 Å². The number of carbonyl (C=O) groups excluding carboxylic acids is 1. The SMILES string of the molecule is COCOC/C=C1/CN2CC[C@]34c5ccccc5N(Cc5ccc(OC)cc5OC)[C@H]3C(=O)[C@H]1C[C@H]24. The highest BCUT2D eigenvalue weighted by Crippen LogP contribution is 2.60. The van der Waals surface area contributed by atoms with Gasteiger partial charge in [0.05, 0.1) is 26.9 Å². The zero-order chi connectivity index (χ0) is 24.9. The quantitative estimate of drug-likeness (QED) is 0.319. The highest BCUT2D eigenvalue weighted by atomic mass is 16.7. The van der Waals surface area contributed by atoms with Crippen LogP contribution in [0.1, 0.15) is 24.0 Å². The predicted octanol–water partition coefficient (Wildman–Crippen LogP) is 3.55. The molecule has 6 rings (SSSR count). The Morgan fingerprint density at radius 2 is 1.97 bits per heavy atom. The molecule has 1 aliphatic carbocycles. The number of methoxy groups -OCH3 is 3. The largest absolute Gasteiger partial charge is 0.497 e. The van der Waals surface area contributed by atoms with E-state index < -0.39 is 0 Å². The number of para-hydroxylation sites is 1. The van der Waals surface area contributed by atoms with Crippen LogP contribution in [0.5, 0.6) is 11.5 Å². The summed E-state index contributed by atoms with van der Waals surface area (Å²) >= 11 is 0. The monoisotopic (exact) mass is 490 g/mol. The molecule has 4 aliphatic rings. The van der Waals surface area contributed by atoms with E-state index in [1.54, 1.807) is 21.3 Å². The maximum Gasteiger partial charge on any atom is 0.163 e. The first-order valence-corrected chi connectivity index (χ1v) is 12.7. The molecule has 3 heterocycles. The van der Waals surface area contributed by atoms with Crippen LogP contribution in [0.4, 0.5) is 5.69 Å². The number of anilines is 1. The Morgan fingerprint density at radius 3 is 2.78 bits per heavy atom. The Balaban J connectivity index is 1.41. The third-order valence-electron chi connectivity index (χ3n) is 8.77. The molecule has 0 aromatic heterocycles. The van der Waals surface area contributed by atoms with E-state index in [1.807, 2.05) is 12.1 Å². The van der Waals surface area contributed by atoms with Crippen molar-refractivity contribution in [2.45, 2.75) is 36.9 Å². The second kappa shape index (κ2) is 9.21. The lowest BCUT2D eigenvalue weighted by Gasteiger charge is -2.51. The summed E-state index contributed by atoms with van der Waals surface area (Å²) in [5.74, 6) is 1.81. The van der Waals surface area contributed by atoms with Crippen LogP contribution < -0.4 is 14.4 Å². The van der Waals surface area contributed by atoms with Gasteiger partial charge in [0.25, 0.3) is 0 Å². The second-order valence-electron chi connectivity index (χ2n) is 10.2. The molecule has 0 N–H and O–H groups in total. The smallest absolute Gasteiger partial charge is 0.163 e. The van der Waals surface area contributed by atoms with Crippen LogP contribution >= 0.6 is 0 Å². The fourth-order valence-corrected chi connectivity index (χ4v) is 7.30. The van der Waals surface area contributed by atoms with E-state index in [2.05, 4.69) is 46.2 Å². The zero-order valence-corrected chi connectivity index (χ0v) is 21.2.